The molecule has 0 radical (unpaired) electrons. The Kier molecular flexibility index (Phi) is 3.69. The molecular formula is C12H17NO3S. The van der Waals surface area contributed by atoms with E-state index in [9.17, 15) is 8.42 Å². The maximum atomic E-state index is 11.6. The molecule has 1 aliphatic rings. The zero-order valence-corrected chi connectivity index (χ0v) is 10.4. The molecular weight excluding hydrogens is 238 g/mol. The fraction of sp³-hybridized carbons (Fsp3) is 0.500. The number of hydrogen-bond acceptors (Lipinski definition) is 4. The Hall–Kier alpha value is -1.07. The number of nitrogens with one attached hydrogen (secondary N) is 1. The number of rotatable bonds is 4. The monoisotopic (exact) mass is 255 g/mol. The van der Waals surface area contributed by atoms with E-state index in [1.165, 1.54) is 0 Å². The molecule has 0 aromatic heterocycles. The SMILES string of the molecule is O=S1(=O)CCCC1CNCc1ccc(O)cc1. The van der Waals surface area contributed by atoms with Crippen molar-refractivity contribution >= 4 is 9.84 Å². The Morgan fingerprint density at radius 2 is 2.00 bits per heavy atom. The van der Waals surface area contributed by atoms with Gasteiger partial charge < -0.3 is 10.4 Å². The van der Waals surface area contributed by atoms with Crippen LogP contribution in [-0.4, -0.2) is 31.1 Å². The summed E-state index contributed by atoms with van der Waals surface area (Å²) in [5.41, 5.74) is 1.04. The Morgan fingerprint density at radius 1 is 1.29 bits per heavy atom. The quantitative estimate of drug-likeness (QED) is 0.844. The second kappa shape index (κ2) is 5.06. The highest BCUT2D eigenvalue weighted by Crippen LogP contribution is 2.19. The minimum atomic E-state index is -2.85. The summed E-state index contributed by atoms with van der Waals surface area (Å²) in [6, 6.07) is 6.91. The molecule has 0 aliphatic carbocycles. The highest BCUT2D eigenvalue weighted by Gasteiger charge is 2.30. The first-order valence-electron chi connectivity index (χ1n) is 5.78. The van der Waals surface area contributed by atoms with Gasteiger partial charge in [-0.05, 0) is 30.5 Å². The first-order chi connectivity index (χ1) is 8.08. The van der Waals surface area contributed by atoms with E-state index in [1.807, 2.05) is 12.1 Å². The summed E-state index contributed by atoms with van der Waals surface area (Å²) in [7, 11) is -2.85. The van der Waals surface area contributed by atoms with Gasteiger partial charge in [0, 0.05) is 13.1 Å². The lowest BCUT2D eigenvalue weighted by molar-refractivity contribution is 0.475. The van der Waals surface area contributed by atoms with Crippen LogP contribution in [0, 0.1) is 0 Å². The fourth-order valence-electron chi connectivity index (χ4n) is 2.08. The molecule has 1 atom stereocenters. The number of sulfone groups is 1. The summed E-state index contributed by atoms with van der Waals surface area (Å²) in [6.07, 6.45) is 1.55. The third-order valence-electron chi connectivity index (χ3n) is 3.10. The summed E-state index contributed by atoms with van der Waals surface area (Å²) in [6.45, 7) is 1.15. The molecule has 1 aliphatic heterocycles. The standard InChI is InChI=1S/C12H17NO3S/c14-11-5-3-10(4-6-11)8-13-9-12-2-1-7-17(12,15)16/h3-6,12-14H,1-2,7-9H2. The maximum Gasteiger partial charge on any atom is 0.154 e. The Bertz CT molecular complexity index is 467. The summed E-state index contributed by atoms with van der Waals surface area (Å²) in [5, 5.41) is 12.1. The predicted octanol–water partition coefficient (Wildman–Crippen LogP) is 1.06. The van der Waals surface area contributed by atoms with E-state index < -0.39 is 9.84 Å². The van der Waals surface area contributed by atoms with Crippen molar-refractivity contribution in [1.29, 1.82) is 0 Å². The second-order valence-electron chi connectivity index (χ2n) is 4.43. The van der Waals surface area contributed by atoms with E-state index in [4.69, 9.17) is 5.11 Å². The van der Waals surface area contributed by atoms with Crippen LogP contribution in [0.25, 0.3) is 0 Å². The van der Waals surface area contributed by atoms with Crippen LogP contribution in [0.1, 0.15) is 18.4 Å². The van der Waals surface area contributed by atoms with Crippen LogP contribution >= 0.6 is 0 Å². The molecule has 1 fully saturated rings. The Labute approximate surface area is 102 Å². The van der Waals surface area contributed by atoms with Gasteiger partial charge in [-0.25, -0.2) is 8.42 Å². The van der Waals surface area contributed by atoms with E-state index in [2.05, 4.69) is 5.32 Å². The molecule has 1 aromatic rings. The van der Waals surface area contributed by atoms with Crippen LogP contribution in [0.2, 0.25) is 0 Å². The zero-order chi connectivity index (χ0) is 12.3. The topological polar surface area (TPSA) is 66.4 Å². The molecule has 94 valence electrons. The Morgan fingerprint density at radius 3 is 2.59 bits per heavy atom. The third-order valence-corrected chi connectivity index (χ3v) is 5.38. The van der Waals surface area contributed by atoms with E-state index in [-0.39, 0.29) is 11.0 Å². The van der Waals surface area contributed by atoms with Gasteiger partial charge in [-0.15, -0.1) is 0 Å². The minimum absolute atomic E-state index is 0.223. The predicted molar refractivity (Wildman–Crippen MR) is 66.6 cm³/mol. The number of aromatic hydroxyl groups is 1. The number of benzene rings is 1. The first kappa shape index (κ1) is 12.4. The van der Waals surface area contributed by atoms with Gasteiger partial charge in [0.25, 0.3) is 0 Å². The molecule has 2 rings (SSSR count). The van der Waals surface area contributed by atoms with Crippen molar-refractivity contribution in [3.63, 3.8) is 0 Å². The number of phenolic OH excluding ortho intramolecular Hbond substituents is 1. The van der Waals surface area contributed by atoms with Crippen LogP contribution in [0.5, 0.6) is 5.75 Å². The van der Waals surface area contributed by atoms with Crippen molar-refractivity contribution in [2.75, 3.05) is 12.3 Å². The molecule has 1 aromatic carbocycles. The third kappa shape index (κ3) is 3.20. The first-order valence-corrected chi connectivity index (χ1v) is 7.50. The van der Waals surface area contributed by atoms with E-state index in [0.29, 0.717) is 18.8 Å². The Balaban J connectivity index is 1.82. The van der Waals surface area contributed by atoms with Crippen molar-refractivity contribution in [2.24, 2.45) is 0 Å². The lowest BCUT2D eigenvalue weighted by Gasteiger charge is -2.10. The van der Waals surface area contributed by atoms with Crippen LogP contribution in [-0.2, 0) is 16.4 Å². The average Bonchev–Trinajstić information content (AvgIpc) is 2.61. The molecule has 1 unspecified atom stereocenters. The average molecular weight is 255 g/mol. The van der Waals surface area contributed by atoms with Crippen molar-refractivity contribution in [3.8, 4) is 5.75 Å². The van der Waals surface area contributed by atoms with Gasteiger partial charge in [0.05, 0.1) is 11.0 Å². The molecule has 5 heteroatoms. The van der Waals surface area contributed by atoms with Gasteiger partial charge >= 0.3 is 0 Å². The second-order valence-corrected chi connectivity index (χ2v) is 6.83. The largest absolute Gasteiger partial charge is 0.508 e. The molecule has 2 N–H and O–H groups in total. The molecule has 0 amide bonds. The molecule has 4 nitrogen and oxygen atoms in total. The maximum absolute atomic E-state index is 11.6. The summed E-state index contributed by atoms with van der Waals surface area (Å²) in [4.78, 5) is 0. The smallest absolute Gasteiger partial charge is 0.154 e. The van der Waals surface area contributed by atoms with Crippen molar-refractivity contribution < 1.29 is 13.5 Å². The van der Waals surface area contributed by atoms with Crippen LogP contribution in [0.4, 0.5) is 0 Å². The van der Waals surface area contributed by atoms with E-state index in [1.54, 1.807) is 12.1 Å². The minimum Gasteiger partial charge on any atom is -0.508 e. The van der Waals surface area contributed by atoms with Gasteiger partial charge in [-0.1, -0.05) is 12.1 Å². The van der Waals surface area contributed by atoms with Crippen molar-refractivity contribution in [3.05, 3.63) is 29.8 Å². The number of hydrogen-bond donors (Lipinski definition) is 2. The van der Waals surface area contributed by atoms with Gasteiger partial charge in [-0.3, -0.25) is 0 Å². The van der Waals surface area contributed by atoms with Crippen molar-refractivity contribution in [1.82, 2.24) is 5.32 Å². The normalized spacial score (nSPS) is 22.7. The summed E-state index contributed by atoms with van der Waals surface area (Å²) < 4.78 is 23.2. The molecule has 0 spiro atoms. The zero-order valence-electron chi connectivity index (χ0n) is 9.59. The lowest BCUT2D eigenvalue weighted by Crippen LogP contribution is -2.30. The van der Waals surface area contributed by atoms with Gasteiger partial charge in [0.15, 0.2) is 9.84 Å². The molecule has 1 saturated heterocycles. The summed E-state index contributed by atoms with van der Waals surface area (Å²) >= 11 is 0. The van der Waals surface area contributed by atoms with Crippen molar-refractivity contribution in [2.45, 2.75) is 24.6 Å². The highest BCUT2D eigenvalue weighted by molar-refractivity contribution is 7.92. The summed E-state index contributed by atoms with van der Waals surface area (Å²) in [5.74, 6) is 0.575. The van der Waals surface area contributed by atoms with Crippen LogP contribution in [0.3, 0.4) is 0 Å². The fourth-order valence-corrected chi connectivity index (χ4v) is 3.88. The highest BCUT2D eigenvalue weighted by atomic mass is 32.2. The molecule has 0 saturated carbocycles. The van der Waals surface area contributed by atoms with Gasteiger partial charge in [-0.2, -0.15) is 0 Å². The number of phenols is 1. The van der Waals surface area contributed by atoms with Gasteiger partial charge in [0.2, 0.25) is 0 Å². The van der Waals surface area contributed by atoms with Crippen LogP contribution < -0.4 is 5.32 Å². The molecule has 0 bridgehead atoms. The molecule has 1 heterocycles. The lowest BCUT2D eigenvalue weighted by atomic mass is 10.2. The van der Waals surface area contributed by atoms with Gasteiger partial charge in [0.1, 0.15) is 5.75 Å². The van der Waals surface area contributed by atoms with Crippen LogP contribution in [0.15, 0.2) is 24.3 Å². The van der Waals surface area contributed by atoms with E-state index in [0.717, 1.165) is 18.4 Å². The van der Waals surface area contributed by atoms with E-state index >= 15 is 0 Å². The molecule has 17 heavy (non-hydrogen) atoms.